The number of amides is 1. The Kier molecular flexibility index (Phi) is 6.11. The van der Waals surface area contributed by atoms with E-state index in [1.54, 1.807) is 0 Å². The lowest BCUT2D eigenvalue weighted by molar-refractivity contribution is 0.0911. The van der Waals surface area contributed by atoms with Crippen molar-refractivity contribution in [1.29, 1.82) is 0 Å². The van der Waals surface area contributed by atoms with Crippen LogP contribution in [-0.2, 0) is 0 Å². The molecule has 1 amide bonds. The molecular formula is C12H18BrNO3S. The average molecular weight is 336 g/mol. The fourth-order valence-corrected chi connectivity index (χ4v) is 3.23. The summed E-state index contributed by atoms with van der Waals surface area (Å²) in [7, 11) is 1.54. The highest BCUT2D eigenvalue weighted by molar-refractivity contribution is 9.10. The Morgan fingerprint density at radius 1 is 1.61 bits per heavy atom. The average Bonchev–Trinajstić information content (AvgIpc) is 2.63. The number of carbonyl (C=O) groups excluding carboxylic acids is 1. The van der Waals surface area contributed by atoms with E-state index in [4.69, 9.17) is 4.74 Å². The van der Waals surface area contributed by atoms with Crippen molar-refractivity contribution in [2.24, 2.45) is 0 Å². The van der Waals surface area contributed by atoms with Crippen molar-refractivity contribution in [1.82, 2.24) is 5.32 Å². The number of methoxy groups -OCH3 is 1. The number of hydrogen-bond acceptors (Lipinski definition) is 4. The van der Waals surface area contributed by atoms with Crippen molar-refractivity contribution in [3.63, 3.8) is 0 Å². The Bertz CT molecular complexity index is 420. The molecule has 1 aromatic rings. The smallest absolute Gasteiger partial charge is 0.265 e. The largest absolute Gasteiger partial charge is 0.494 e. The summed E-state index contributed by atoms with van der Waals surface area (Å²) in [4.78, 5) is 13.5. The third-order valence-electron chi connectivity index (χ3n) is 2.50. The first-order chi connectivity index (χ1) is 8.51. The quantitative estimate of drug-likeness (QED) is 0.840. The maximum Gasteiger partial charge on any atom is 0.265 e. The summed E-state index contributed by atoms with van der Waals surface area (Å²) in [5.41, 5.74) is 0. The molecule has 0 saturated carbocycles. The molecule has 1 heterocycles. The van der Waals surface area contributed by atoms with Gasteiger partial charge >= 0.3 is 0 Å². The minimum Gasteiger partial charge on any atom is -0.494 e. The standard InChI is InChI=1S/C12H18BrNO3S/c1-4-5-8(15)6-14-12(16)11-10(17-3)9(13)7(2)18-11/h8,15H,4-6H2,1-3H3,(H,14,16). The molecule has 6 heteroatoms. The van der Waals surface area contributed by atoms with Crippen LogP contribution in [0.2, 0.25) is 0 Å². The summed E-state index contributed by atoms with van der Waals surface area (Å²) in [6.45, 7) is 4.18. The van der Waals surface area contributed by atoms with Crippen molar-refractivity contribution >= 4 is 33.2 Å². The molecule has 0 aliphatic carbocycles. The Morgan fingerprint density at radius 3 is 2.83 bits per heavy atom. The van der Waals surface area contributed by atoms with Gasteiger partial charge in [-0.3, -0.25) is 4.79 Å². The number of carbonyl (C=O) groups is 1. The van der Waals surface area contributed by atoms with Crippen LogP contribution in [0.4, 0.5) is 0 Å². The maximum atomic E-state index is 12.0. The molecule has 1 atom stereocenters. The van der Waals surface area contributed by atoms with E-state index in [2.05, 4.69) is 21.2 Å². The predicted molar refractivity (Wildman–Crippen MR) is 76.6 cm³/mol. The molecule has 0 fully saturated rings. The highest BCUT2D eigenvalue weighted by atomic mass is 79.9. The highest BCUT2D eigenvalue weighted by Crippen LogP contribution is 2.38. The van der Waals surface area contributed by atoms with Gasteiger partial charge in [0.2, 0.25) is 0 Å². The second kappa shape index (κ2) is 7.11. The summed E-state index contributed by atoms with van der Waals surface area (Å²) >= 11 is 4.76. The zero-order valence-corrected chi connectivity index (χ0v) is 13.2. The molecule has 0 radical (unpaired) electrons. The molecule has 1 rings (SSSR count). The molecule has 0 saturated heterocycles. The first kappa shape index (κ1) is 15.5. The first-order valence-corrected chi connectivity index (χ1v) is 7.41. The summed E-state index contributed by atoms with van der Waals surface area (Å²) in [6.07, 6.45) is 1.09. The molecule has 18 heavy (non-hydrogen) atoms. The third-order valence-corrected chi connectivity index (χ3v) is 4.80. The number of thiophene rings is 1. The Morgan fingerprint density at radius 2 is 2.28 bits per heavy atom. The van der Waals surface area contributed by atoms with Gasteiger partial charge in [0.1, 0.15) is 4.88 Å². The van der Waals surface area contributed by atoms with Crippen molar-refractivity contribution in [2.45, 2.75) is 32.8 Å². The molecule has 102 valence electrons. The summed E-state index contributed by atoms with van der Waals surface area (Å²) in [6, 6.07) is 0. The number of aliphatic hydroxyl groups excluding tert-OH is 1. The van der Waals surface area contributed by atoms with E-state index in [0.717, 1.165) is 15.8 Å². The molecular weight excluding hydrogens is 318 g/mol. The van der Waals surface area contributed by atoms with Gasteiger partial charge in [-0.25, -0.2) is 0 Å². The Hall–Kier alpha value is -0.590. The van der Waals surface area contributed by atoms with Gasteiger partial charge in [-0.2, -0.15) is 0 Å². The zero-order chi connectivity index (χ0) is 13.7. The van der Waals surface area contributed by atoms with Gasteiger partial charge in [0.15, 0.2) is 5.75 Å². The molecule has 0 aliphatic rings. The maximum absolute atomic E-state index is 12.0. The van der Waals surface area contributed by atoms with Gasteiger partial charge < -0.3 is 15.2 Å². The molecule has 2 N–H and O–H groups in total. The topological polar surface area (TPSA) is 58.6 Å². The van der Waals surface area contributed by atoms with Crippen molar-refractivity contribution in [2.75, 3.05) is 13.7 Å². The Balaban J connectivity index is 2.70. The van der Waals surface area contributed by atoms with Gasteiger partial charge in [0.25, 0.3) is 5.91 Å². The van der Waals surface area contributed by atoms with Crippen molar-refractivity contribution in [3.05, 3.63) is 14.2 Å². The Labute approximate surface area is 119 Å². The number of rotatable bonds is 6. The summed E-state index contributed by atoms with van der Waals surface area (Å²) in [5.74, 6) is 0.348. The molecule has 4 nitrogen and oxygen atoms in total. The van der Waals surface area contributed by atoms with Crippen LogP contribution < -0.4 is 10.1 Å². The number of hydrogen-bond donors (Lipinski definition) is 2. The number of aliphatic hydroxyl groups is 1. The monoisotopic (exact) mass is 335 g/mol. The fourth-order valence-electron chi connectivity index (χ4n) is 1.56. The number of halogens is 1. The van der Waals surface area contributed by atoms with Crippen LogP contribution in [0.3, 0.4) is 0 Å². The highest BCUT2D eigenvalue weighted by Gasteiger charge is 2.20. The van der Waals surface area contributed by atoms with E-state index >= 15 is 0 Å². The molecule has 0 bridgehead atoms. The van der Waals surface area contributed by atoms with Crippen LogP contribution in [0.1, 0.15) is 34.3 Å². The number of ether oxygens (including phenoxy) is 1. The van der Waals surface area contributed by atoms with Crippen LogP contribution in [-0.4, -0.2) is 30.8 Å². The van der Waals surface area contributed by atoms with Crippen molar-refractivity contribution < 1.29 is 14.6 Å². The fraction of sp³-hybridized carbons (Fsp3) is 0.583. The van der Waals surface area contributed by atoms with Crippen LogP contribution >= 0.6 is 27.3 Å². The summed E-state index contributed by atoms with van der Waals surface area (Å²) in [5, 5.41) is 12.3. The summed E-state index contributed by atoms with van der Waals surface area (Å²) < 4.78 is 6.03. The lowest BCUT2D eigenvalue weighted by atomic mass is 10.2. The minimum absolute atomic E-state index is 0.208. The van der Waals surface area contributed by atoms with Crippen LogP contribution in [0.25, 0.3) is 0 Å². The first-order valence-electron chi connectivity index (χ1n) is 5.80. The normalized spacial score (nSPS) is 12.3. The van der Waals surface area contributed by atoms with E-state index < -0.39 is 6.10 Å². The molecule has 0 aliphatic heterocycles. The second-order valence-electron chi connectivity index (χ2n) is 3.99. The van der Waals surface area contributed by atoms with Gasteiger partial charge in [0.05, 0.1) is 17.7 Å². The predicted octanol–water partition coefficient (Wildman–Crippen LogP) is 2.72. The zero-order valence-electron chi connectivity index (χ0n) is 10.7. The van der Waals surface area contributed by atoms with E-state index in [-0.39, 0.29) is 12.5 Å². The molecule has 0 spiro atoms. The van der Waals surface area contributed by atoms with Crippen LogP contribution in [0.15, 0.2) is 4.47 Å². The number of nitrogens with one attached hydrogen (secondary N) is 1. The SMILES string of the molecule is CCCC(O)CNC(=O)c1sc(C)c(Br)c1OC. The molecule has 1 aromatic heterocycles. The molecule has 1 unspecified atom stereocenters. The lowest BCUT2D eigenvalue weighted by Gasteiger charge is -2.10. The second-order valence-corrected chi connectivity index (χ2v) is 6.00. The van der Waals surface area contributed by atoms with Gasteiger partial charge in [-0.1, -0.05) is 13.3 Å². The lowest BCUT2D eigenvalue weighted by Crippen LogP contribution is -2.31. The van der Waals surface area contributed by atoms with Gasteiger partial charge in [-0.05, 0) is 29.3 Å². The van der Waals surface area contributed by atoms with E-state index in [0.29, 0.717) is 17.0 Å². The van der Waals surface area contributed by atoms with Gasteiger partial charge in [-0.15, -0.1) is 11.3 Å². The molecule has 0 aromatic carbocycles. The van der Waals surface area contributed by atoms with Crippen molar-refractivity contribution in [3.8, 4) is 5.75 Å². The number of aryl methyl sites for hydroxylation is 1. The third kappa shape index (κ3) is 3.70. The van der Waals surface area contributed by atoms with E-state index in [1.807, 2.05) is 13.8 Å². The van der Waals surface area contributed by atoms with E-state index in [1.165, 1.54) is 18.4 Å². The van der Waals surface area contributed by atoms with Gasteiger partial charge in [0, 0.05) is 11.4 Å². The van der Waals surface area contributed by atoms with E-state index in [9.17, 15) is 9.90 Å². The van der Waals surface area contributed by atoms with Crippen LogP contribution in [0, 0.1) is 6.92 Å². The van der Waals surface area contributed by atoms with Crippen LogP contribution in [0.5, 0.6) is 5.75 Å². The minimum atomic E-state index is -0.491.